The van der Waals surface area contributed by atoms with Crippen LogP contribution in [0.4, 0.5) is 24.5 Å². The number of fused-ring (bicyclic) bond motifs is 1. The highest BCUT2D eigenvalue weighted by atomic mass is 79.9. The molecule has 0 saturated heterocycles. The summed E-state index contributed by atoms with van der Waals surface area (Å²) in [6.07, 6.45) is -4.76. The smallest absolute Gasteiger partial charge is 0.417 e. The van der Waals surface area contributed by atoms with Gasteiger partial charge < -0.3 is 20.1 Å². The van der Waals surface area contributed by atoms with E-state index in [1.807, 2.05) is 0 Å². The van der Waals surface area contributed by atoms with Crippen LogP contribution in [0.25, 0.3) is 0 Å². The molecule has 0 spiro atoms. The summed E-state index contributed by atoms with van der Waals surface area (Å²) in [7, 11) is -4.58. The third-order valence-electron chi connectivity index (χ3n) is 5.27. The molecule has 3 aromatic rings. The van der Waals surface area contributed by atoms with Crippen LogP contribution < -0.4 is 20.1 Å². The molecule has 0 bridgehead atoms. The average molecular weight is 596 g/mol. The van der Waals surface area contributed by atoms with Crippen molar-refractivity contribution in [3.05, 3.63) is 88.5 Å². The van der Waals surface area contributed by atoms with E-state index in [0.717, 1.165) is 17.7 Å². The van der Waals surface area contributed by atoms with Crippen molar-refractivity contribution in [2.75, 3.05) is 23.8 Å². The lowest BCUT2D eigenvalue weighted by Crippen LogP contribution is -2.22. The molecule has 0 unspecified atom stereocenters. The fraction of sp³-hybridized carbons (Fsp3) is 0.160. The largest absolute Gasteiger partial charge is 0.486 e. The number of ether oxygens (including phenoxy) is 2. The van der Waals surface area contributed by atoms with Gasteiger partial charge in [-0.1, -0.05) is 40.7 Å². The van der Waals surface area contributed by atoms with E-state index in [2.05, 4.69) is 37.5 Å². The Morgan fingerprint density at radius 3 is 2.41 bits per heavy atom. The van der Waals surface area contributed by atoms with Gasteiger partial charge in [-0.25, -0.2) is 0 Å². The number of hydrogen-bond acceptors (Lipinski definition) is 5. The molecule has 0 amide bonds. The van der Waals surface area contributed by atoms with Crippen LogP contribution in [0.1, 0.15) is 11.1 Å². The number of nitrogens with one attached hydrogen (secondary N) is 2. The molecule has 0 aromatic heterocycles. The monoisotopic (exact) mass is 595 g/mol. The summed E-state index contributed by atoms with van der Waals surface area (Å²) >= 11 is 2.82. The van der Waals surface area contributed by atoms with E-state index in [-0.39, 0.29) is 16.0 Å². The minimum Gasteiger partial charge on any atom is -0.486 e. The number of alkyl halides is 3. The van der Waals surface area contributed by atoms with Crippen LogP contribution in [-0.4, -0.2) is 27.5 Å². The normalized spacial score (nSPS) is 13.7. The van der Waals surface area contributed by atoms with E-state index in [1.54, 1.807) is 49.4 Å². The van der Waals surface area contributed by atoms with Crippen LogP contribution in [0, 0.1) is 6.92 Å². The summed E-state index contributed by atoms with van der Waals surface area (Å²) in [6, 6.07) is 14.7. The molecule has 1 aliphatic heterocycles. The highest BCUT2D eigenvalue weighted by Gasteiger charge is 2.34. The van der Waals surface area contributed by atoms with Gasteiger partial charge in [-0.2, -0.15) is 21.6 Å². The first-order valence-corrected chi connectivity index (χ1v) is 13.1. The van der Waals surface area contributed by atoms with Crippen molar-refractivity contribution < 1.29 is 31.1 Å². The van der Waals surface area contributed by atoms with Gasteiger partial charge in [-0.3, -0.25) is 0 Å². The molecule has 0 radical (unpaired) electrons. The van der Waals surface area contributed by atoms with E-state index in [0.29, 0.717) is 42.2 Å². The van der Waals surface area contributed by atoms with Crippen molar-refractivity contribution in [1.82, 2.24) is 0 Å². The maximum Gasteiger partial charge on any atom is 0.417 e. The topological polar surface area (TPSA) is 89.0 Å². The average Bonchev–Trinajstić information content (AvgIpc) is 2.84. The third-order valence-corrected chi connectivity index (χ3v) is 7.24. The SMILES string of the molecule is C=C(Nc1ccc2c(c1)OCCO2)C(=NS(=O)(=O)c1ccc(Br)c(C(F)(F)F)c1)Nc1ccccc1C. The molecule has 1 heterocycles. The van der Waals surface area contributed by atoms with Crippen LogP contribution in [-0.2, 0) is 16.2 Å². The van der Waals surface area contributed by atoms with Gasteiger partial charge in [-0.05, 0) is 48.9 Å². The number of benzene rings is 3. The quantitative estimate of drug-likeness (QED) is 0.254. The Kier molecular flexibility index (Phi) is 7.51. The summed E-state index contributed by atoms with van der Waals surface area (Å²) in [5, 5.41) is 5.91. The van der Waals surface area contributed by atoms with Crippen molar-refractivity contribution in [1.29, 1.82) is 0 Å². The minimum absolute atomic E-state index is 0.0525. The molecule has 0 atom stereocenters. The van der Waals surface area contributed by atoms with E-state index in [4.69, 9.17) is 9.47 Å². The van der Waals surface area contributed by atoms with Gasteiger partial charge >= 0.3 is 6.18 Å². The Morgan fingerprint density at radius 1 is 1.00 bits per heavy atom. The zero-order chi connectivity index (χ0) is 26.8. The van der Waals surface area contributed by atoms with Crippen molar-refractivity contribution >= 4 is 43.2 Å². The highest BCUT2D eigenvalue weighted by molar-refractivity contribution is 9.10. The molecule has 0 fully saturated rings. The number of rotatable bonds is 6. The molecular weight excluding hydrogens is 575 g/mol. The van der Waals surface area contributed by atoms with E-state index < -0.39 is 26.7 Å². The second kappa shape index (κ2) is 10.5. The Labute approximate surface area is 220 Å². The van der Waals surface area contributed by atoms with Crippen LogP contribution in [0.3, 0.4) is 0 Å². The van der Waals surface area contributed by atoms with E-state index >= 15 is 0 Å². The van der Waals surface area contributed by atoms with Gasteiger partial charge in [0.05, 0.1) is 16.2 Å². The number of sulfonamides is 1. The molecule has 37 heavy (non-hydrogen) atoms. The molecule has 12 heteroatoms. The Bertz CT molecular complexity index is 1490. The van der Waals surface area contributed by atoms with Crippen LogP contribution in [0.15, 0.2) is 86.7 Å². The van der Waals surface area contributed by atoms with Gasteiger partial charge in [0.1, 0.15) is 13.2 Å². The standard InChI is InChI=1S/C25H21BrF3N3O4S/c1-15-5-3-4-6-21(15)31-24(16(2)30-17-7-10-22-23(13-17)36-12-11-35-22)32-37(33,34)18-8-9-20(26)19(14-18)25(27,28)29/h3-10,13-14,30H,2,11-12H2,1H3,(H,31,32). The van der Waals surface area contributed by atoms with Crippen molar-refractivity contribution in [2.24, 2.45) is 4.40 Å². The van der Waals surface area contributed by atoms with Crippen molar-refractivity contribution in [3.8, 4) is 11.5 Å². The summed E-state index contributed by atoms with van der Waals surface area (Å²) < 4.78 is 81.1. The molecule has 4 rings (SSSR count). The second-order valence-electron chi connectivity index (χ2n) is 7.96. The zero-order valence-electron chi connectivity index (χ0n) is 19.4. The van der Waals surface area contributed by atoms with E-state index in [9.17, 15) is 21.6 Å². The summed E-state index contributed by atoms with van der Waals surface area (Å²) in [4.78, 5) is -0.626. The van der Waals surface area contributed by atoms with Gasteiger partial charge in [0.15, 0.2) is 17.3 Å². The number of halogens is 4. The predicted octanol–water partition coefficient (Wildman–Crippen LogP) is 6.37. The number of hydrogen-bond donors (Lipinski definition) is 2. The molecule has 0 aliphatic carbocycles. The molecule has 0 saturated carbocycles. The Balaban J connectivity index is 1.72. The molecule has 7 nitrogen and oxygen atoms in total. The van der Waals surface area contributed by atoms with Gasteiger partial charge in [0.2, 0.25) is 0 Å². The number of amidine groups is 1. The Morgan fingerprint density at radius 2 is 1.70 bits per heavy atom. The third kappa shape index (κ3) is 6.25. The fourth-order valence-electron chi connectivity index (χ4n) is 3.40. The lowest BCUT2D eigenvalue weighted by atomic mass is 10.2. The molecule has 1 aliphatic rings. The van der Waals surface area contributed by atoms with Gasteiger partial charge in [0.25, 0.3) is 10.0 Å². The first-order valence-electron chi connectivity index (χ1n) is 10.8. The van der Waals surface area contributed by atoms with Gasteiger partial charge in [-0.15, -0.1) is 4.40 Å². The van der Waals surface area contributed by atoms with Crippen molar-refractivity contribution in [3.63, 3.8) is 0 Å². The minimum atomic E-state index is -4.76. The Hall–Kier alpha value is -3.51. The predicted molar refractivity (Wildman–Crippen MR) is 139 cm³/mol. The summed E-state index contributed by atoms with van der Waals surface area (Å²) in [5.41, 5.74) is 0.743. The summed E-state index contributed by atoms with van der Waals surface area (Å²) in [6.45, 7) is 6.51. The van der Waals surface area contributed by atoms with Crippen LogP contribution in [0.5, 0.6) is 11.5 Å². The number of nitrogens with zero attached hydrogens (tertiary/aromatic N) is 1. The zero-order valence-corrected chi connectivity index (χ0v) is 21.8. The molecule has 3 aromatic carbocycles. The fourth-order valence-corrected chi connectivity index (χ4v) is 4.88. The number of anilines is 2. The first kappa shape index (κ1) is 26.6. The molecule has 2 N–H and O–H groups in total. The van der Waals surface area contributed by atoms with Crippen molar-refractivity contribution in [2.45, 2.75) is 18.0 Å². The molecular formula is C25H21BrF3N3O4S. The van der Waals surface area contributed by atoms with Gasteiger partial charge in [0, 0.05) is 21.9 Å². The lowest BCUT2D eigenvalue weighted by Gasteiger charge is -2.20. The number of aryl methyl sites for hydroxylation is 1. The second-order valence-corrected chi connectivity index (χ2v) is 10.4. The lowest BCUT2D eigenvalue weighted by molar-refractivity contribution is -0.138. The van der Waals surface area contributed by atoms with Crippen LogP contribution in [0.2, 0.25) is 0 Å². The van der Waals surface area contributed by atoms with E-state index in [1.165, 1.54) is 0 Å². The highest BCUT2D eigenvalue weighted by Crippen LogP contribution is 2.37. The first-order chi connectivity index (χ1) is 17.4. The maximum atomic E-state index is 13.4. The number of para-hydroxylation sites is 1. The van der Waals surface area contributed by atoms with Crippen LogP contribution >= 0.6 is 15.9 Å². The molecule has 194 valence electrons. The summed E-state index contributed by atoms with van der Waals surface area (Å²) in [5.74, 6) is 0.852. The maximum absolute atomic E-state index is 13.4.